The Kier molecular flexibility index (Phi) is 4.84. The van der Waals surface area contributed by atoms with Crippen LogP contribution in [0.15, 0.2) is 61.1 Å². The summed E-state index contributed by atoms with van der Waals surface area (Å²) in [6, 6.07) is 12.5. The van der Waals surface area contributed by atoms with Gasteiger partial charge in [-0.3, -0.25) is 9.59 Å². The number of carbonyl (C=O) groups is 2. The molecule has 126 valence electrons. The van der Waals surface area contributed by atoms with Gasteiger partial charge in [0.1, 0.15) is 0 Å². The molecule has 7 heteroatoms. The average molecular weight is 335 g/mol. The molecule has 0 fully saturated rings. The molecule has 0 saturated heterocycles. The van der Waals surface area contributed by atoms with Gasteiger partial charge in [0, 0.05) is 18.0 Å². The van der Waals surface area contributed by atoms with Crippen molar-refractivity contribution < 1.29 is 9.59 Å². The second-order valence-electron chi connectivity index (χ2n) is 5.40. The second-order valence-corrected chi connectivity index (χ2v) is 5.40. The zero-order valence-electron chi connectivity index (χ0n) is 13.6. The molecule has 25 heavy (non-hydrogen) atoms. The van der Waals surface area contributed by atoms with Crippen LogP contribution in [0.5, 0.6) is 0 Å². The number of benzene rings is 1. The molecule has 3 aromatic rings. The summed E-state index contributed by atoms with van der Waals surface area (Å²) in [5, 5.41) is 9.38. The third-order valence-electron chi connectivity index (χ3n) is 3.57. The van der Waals surface area contributed by atoms with Gasteiger partial charge in [-0.15, -0.1) is 0 Å². The van der Waals surface area contributed by atoms with Crippen molar-refractivity contribution in [1.29, 1.82) is 0 Å². The molecule has 0 aliphatic rings. The highest BCUT2D eigenvalue weighted by molar-refractivity contribution is 6.00. The summed E-state index contributed by atoms with van der Waals surface area (Å²) in [5.74, 6) is 0.0480. The molecule has 0 radical (unpaired) electrons. The van der Waals surface area contributed by atoms with Crippen molar-refractivity contribution in [1.82, 2.24) is 20.1 Å². The summed E-state index contributed by atoms with van der Waals surface area (Å²) >= 11 is 0. The lowest BCUT2D eigenvalue weighted by molar-refractivity contribution is -0.115. The van der Waals surface area contributed by atoms with E-state index in [1.165, 1.54) is 6.20 Å². The standard InChI is InChI=1S/C18H17N5O2/c1-13-5-2-3-6-15(13)18(25)20-12-17(24)22-14-7-8-16(19-11-14)23-10-4-9-21-23/h2-11H,12H2,1H3,(H,20,25)(H,22,24). The van der Waals surface area contributed by atoms with Crippen molar-refractivity contribution in [3.05, 3.63) is 72.2 Å². The molecule has 7 nitrogen and oxygen atoms in total. The normalized spacial score (nSPS) is 10.3. The van der Waals surface area contributed by atoms with E-state index in [4.69, 9.17) is 0 Å². The molecule has 0 saturated carbocycles. The Labute approximate surface area is 144 Å². The minimum absolute atomic E-state index is 0.117. The van der Waals surface area contributed by atoms with Gasteiger partial charge in [-0.2, -0.15) is 5.10 Å². The number of nitrogens with one attached hydrogen (secondary N) is 2. The molecular weight excluding hydrogens is 318 g/mol. The van der Waals surface area contributed by atoms with Crippen LogP contribution < -0.4 is 10.6 Å². The smallest absolute Gasteiger partial charge is 0.251 e. The Balaban J connectivity index is 1.54. The monoisotopic (exact) mass is 335 g/mol. The highest BCUT2D eigenvalue weighted by atomic mass is 16.2. The summed E-state index contributed by atoms with van der Waals surface area (Å²) in [4.78, 5) is 28.3. The fourth-order valence-corrected chi connectivity index (χ4v) is 2.29. The summed E-state index contributed by atoms with van der Waals surface area (Å²) in [6.07, 6.45) is 4.98. The van der Waals surface area contributed by atoms with Crippen molar-refractivity contribution in [2.75, 3.05) is 11.9 Å². The maximum Gasteiger partial charge on any atom is 0.251 e. The molecule has 3 rings (SSSR count). The lowest BCUT2D eigenvalue weighted by Crippen LogP contribution is -2.33. The number of rotatable bonds is 5. The van der Waals surface area contributed by atoms with Crippen LogP contribution in [0, 0.1) is 6.92 Å². The molecule has 0 atom stereocenters. The summed E-state index contributed by atoms with van der Waals surface area (Å²) in [7, 11) is 0. The Morgan fingerprint density at radius 3 is 2.64 bits per heavy atom. The molecule has 2 heterocycles. The number of anilines is 1. The van der Waals surface area contributed by atoms with Gasteiger partial charge in [0.25, 0.3) is 5.91 Å². The van der Waals surface area contributed by atoms with Crippen molar-refractivity contribution in [3.63, 3.8) is 0 Å². The predicted octanol–water partition coefficient (Wildman–Crippen LogP) is 1.94. The number of amides is 2. The van der Waals surface area contributed by atoms with Crippen molar-refractivity contribution in [2.45, 2.75) is 6.92 Å². The Bertz CT molecular complexity index is 873. The zero-order chi connectivity index (χ0) is 17.6. The van der Waals surface area contributed by atoms with Crippen LogP contribution in [-0.2, 0) is 4.79 Å². The van der Waals surface area contributed by atoms with Crippen LogP contribution in [0.1, 0.15) is 15.9 Å². The first-order valence-corrected chi connectivity index (χ1v) is 7.73. The Morgan fingerprint density at radius 2 is 1.96 bits per heavy atom. The van der Waals surface area contributed by atoms with Crippen molar-refractivity contribution >= 4 is 17.5 Å². The van der Waals surface area contributed by atoms with Crippen LogP contribution >= 0.6 is 0 Å². The topological polar surface area (TPSA) is 88.9 Å². The fourth-order valence-electron chi connectivity index (χ4n) is 2.29. The first kappa shape index (κ1) is 16.4. The first-order valence-electron chi connectivity index (χ1n) is 7.73. The van der Waals surface area contributed by atoms with E-state index in [0.29, 0.717) is 17.1 Å². The van der Waals surface area contributed by atoms with Gasteiger partial charge in [-0.05, 0) is 36.8 Å². The van der Waals surface area contributed by atoms with E-state index in [9.17, 15) is 9.59 Å². The van der Waals surface area contributed by atoms with E-state index >= 15 is 0 Å². The zero-order valence-corrected chi connectivity index (χ0v) is 13.6. The maximum atomic E-state index is 12.1. The molecule has 0 bridgehead atoms. The SMILES string of the molecule is Cc1ccccc1C(=O)NCC(=O)Nc1ccc(-n2cccn2)nc1. The predicted molar refractivity (Wildman–Crippen MR) is 93.5 cm³/mol. The van der Waals surface area contributed by atoms with Crippen LogP contribution in [0.4, 0.5) is 5.69 Å². The molecule has 2 aromatic heterocycles. The Hall–Kier alpha value is -3.48. The number of hydrogen-bond acceptors (Lipinski definition) is 4. The summed E-state index contributed by atoms with van der Waals surface area (Å²) < 4.78 is 1.62. The Morgan fingerprint density at radius 1 is 1.12 bits per heavy atom. The quantitative estimate of drug-likeness (QED) is 0.746. The molecule has 2 amide bonds. The summed E-state index contributed by atoms with van der Waals surface area (Å²) in [5.41, 5.74) is 1.96. The molecular formula is C18H17N5O2. The van der Waals surface area contributed by atoms with Crippen molar-refractivity contribution in [2.24, 2.45) is 0 Å². The molecule has 0 unspecified atom stereocenters. The van der Waals surface area contributed by atoms with Gasteiger partial charge < -0.3 is 10.6 Å². The third kappa shape index (κ3) is 4.08. The molecule has 1 aromatic carbocycles. The van der Waals surface area contributed by atoms with E-state index in [2.05, 4.69) is 20.7 Å². The van der Waals surface area contributed by atoms with Gasteiger partial charge in [-0.25, -0.2) is 9.67 Å². The lowest BCUT2D eigenvalue weighted by atomic mass is 10.1. The number of pyridine rings is 1. The number of aryl methyl sites for hydroxylation is 1. The number of carbonyl (C=O) groups excluding carboxylic acids is 2. The lowest BCUT2D eigenvalue weighted by Gasteiger charge is -2.09. The van der Waals surface area contributed by atoms with Gasteiger partial charge in [0.05, 0.1) is 18.4 Å². The number of aromatic nitrogens is 3. The molecule has 2 N–H and O–H groups in total. The van der Waals surface area contributed by atoms with Crippen LogP contribution in [0.2, 0.25) is 0 Å². The highest BCUT2D eigenvalue weighted by Gasteiger charge is 2.10. The third-order valence-corrected chi connectivity index (χ3v) is 3.57. The number of nitrogens with zero attached hydrogens (tertiary/aromatic N) is 3. The first-order chi connectivity index (χ1) is 12.1. The van der Waals surface area contributed by atoms with Crippen LogP contribution in [0.25, 0.3) is 5.82 Å². The van der Waals surface area contributed by atoms with E-state index in [1.807, 2.05) is 19.1 Å². The van der Waals surface area contributed by atoms with Crippen LogP contribution in [0.3, 0.4) is 0 Å². The number of hydrogen-bond donors (Lipinski definition) is 2. The van der Waals surface area contributed by atoms with Gasteiger partial charge in [-0.1, -0.05) is 18.2 Å². The second kappa shape index (κ2) is 7.39. The maximum absolute atomic E-state index is 12.1. The highest BCUT2D eigenvalue weighted by Crippen LogP contribution is 2.09. The average Bonchev–Trinajstić information content (AvgIpc) is 3.15. The fraction of sp³-hybridized carbons (Fsp3) is 0.111. The molecule has 0 spiro atoms. The van der Waals surface area contributed by atoms with E-state index in [0.717, 1.165) is 5.56 Å². The van der Waals surface area contributed by atoms with E-state index in [-0.39, 0.29) is 18.4 Å². The van der Waals surface area contributed by atoms with Gasteiger partial charge in [0.15, 0.2) is 5.82 Å². The minimum atomic E-state index is -0.324. The largest absolute Gasteiger partial charge is 0.343 e. The molecule has 0 aliphatic carbocycles. The minimum Gasteiger partial charge on any atom is -0.343 e. The van der Waals surface area contributed by atoms with E-state index < -0.39 is 0 Å². The van der Waals surface area contributed by atoms with Crippen LogP contribution in [-0.4, -0.2) is 33.1 Å². The molecule has 0 aliphatic heterocycles. The van der Waals surface area contributed by atoms with Gasteiger partial charge in [0.2, 0.25) is 5.91 Å². The summed E-state index contributed by atoms with van der Waals surface area (Å²) in [6.45, 7) is 1.73. The van der Waals surface area contributed by atoms with Gasteiger partial charge >= 0.3 is 0 Å². The van der Waals surface area contributed by atoms with E-state index in [1.54, 1.807) is 47.4 Å². The van der Waals surface area contributed by atoms with Crippen molar-refractivity contribution in [3.8, 4) is 5.82 Å².